The molecule has 1 amide bonds. The molecule has 1 aliphatic rings. The highest BCUT2D eigenvalue weighted by atomic mass is 16.5. The third-order valence-electron chi connectivity index (χ3n) is 2.40. The van der Waals surface area contributed by atoms with E-state index in [1.807, 2.05) is 19.1 Å². The van der Waals surface area contributed by atoms with Gasteiger partial charge in [-0.15, -0.1) is 0 Å². The summed E-state index contributed by atoms with van der Waals surface area (Å²) in [6, 6.07) is 5.47. The van der Waals surface area contributed by atoms with E-state index in [1.165, 1.54) is 0 Å². The highest BCUT2D eigenvalue weighted by molar-refractivity contribution is 5.99. The number of nitrogens with zero attached hydrogens (tertiary/aromatic N) is 1. The molecular formula is C11H14N2O2. The molecule has 15 heavy (non-hydrogen) atoms. The van der Waals surface area contributed by atoms with Gasteiger partial charge in [-0.2, -0.15) is 0 Å². The van der Waals surface area contributed by atoms with E-state index in [0.717, 1.165) is 12.1 Å². The first-order chi connectivity index (χ1) is 7.24. The summed E-state index contributed by atoms with van der Waals surface area (Å²) in [5.74, 6) is 0.625. The van der Waals surface area contributed by atoms with E-state index in [0.29, 0.717) is 18.0 Å². The Labute approximate surface area is 88.6 Å². The quantitative estimate of drug-likeness (QED) is 0.744. The summed E-state index contributed by atoms with van der Waals surface area (Å²) < 4.78 is 5.33. The molecule has 0 radical (unpaired) electrons. The molecule has 2 N–H and O–H groups in total. The zero-order chi connectivity index (χ0) is 10.8. The second-order valence-corrected chi connectivity index (χ2v) is 3.53. The fraction of sp³-hybridized carbons (Fsp3) is 0.364. The van der Waals surface area contributed by atoms with E-state index in [2.05, 4.69) is 0 Å². The van der Waals surface area contributed by atoms with Crippen LogP contribution in [0.1, 0.15) is 13.3 Å². The SMILES string of the molecule is CCCN1C(=O)COc2c(N)cccc21. The number of benzene rings is 1. The third-order valence-corrected chi connectivity index (χ3v) is 2.40. The maximum atomic E-state index is 11.6. The Hall–Kier alpha value is -1.71. The lowest BCUT2D eigenvalue weighted by Gasteiger charge is -2.29. The van der Waals surface area contributed by atoms with Gasteiger partial charge in [-0.3, -0.25) is 4.79 Å². The molecule has 0 unspecified atom stereocenters. The van der Waals surface area contributed by atoms with Crippen molar-refractivity contribution < 1.29 is 9.53 Å². The van der Waals surface area contributed by atoms with Gasteiger partial charge in [0.25, 0.3) is 5.91 Å². The average molecular weight is 206 g/mol. The summed E-state index contributed by atoms with van der Waals surface area (Å²) in [6.45, 7) is 2.83. The zero-order valence-electron chi connectivity index (χ0n) is 8.69. The van der Waals surface area contributed by atoms with E-state index in [4.69, 9.17) is 10.5 Å². The van der Waals surface area contributed by atoms with Gasteiger partial charge in [-0.1, -0.05) is 13.0 Å². The molecule has 80 valence electrons. The Morgan fingerprint density at radius 2 is 2.33 bits per heavy atom. The number of fused-ring (bicyclic) bond motifs is 1. The summed E-state index contributed by atoms with van der Waals surface area (Å²) in [5, 5.41) is 0. The van der Waals surface area contributed by atoms with Crippen LogP contribution in [0.2, 0.25) is 0 Å². The molecule has 1 aromatic carbocycles. The smallest absolute Gasteiger partial charge is 0.265 e. The Morgan fingerprint density at radius 3 is 3.07 bits per heavy atom. The normalized spacial score (nSPS) is 14.7. The van der Waals surface area contributed by atoms with Gasteiger partial charge in [0.1, 0.15) is 0 Å². The maximum absolute atomic E-state index is 11.6. The summed E-state index contributed by atoms with van der Waals surface area (Å²) in [6.07, 6.45) is 0.917. The van der Waals surface area contributed by atoms with Crippen molar-refractivity contribution in [1.82, 2.24) is 0 Å². The van der Waals surface area contributed by atoms with Gasteiger partial charge in [0.2, 0.25) is 0 Å². The second-order valence-electron chi connectivity index (χ2n) is 3.53. The molecule has 0 fully saturated rings. The number of nitrogen functional groups attached to an aromatic ring is 1. The number of carbonyl (C=O) groups is 1. The predicted octanol–water partition coefficient (Wildman–Crippen LogP) is 1.40. The van der Waals surface area contributed by atoms with Gasteiger partial charge in [-0.05, 0) is 18.6 Å². The topological polar surface area (TPSA) is 55.6 Å². The zero-order valence-corrected chi connectivity index (χ0v) is 8.69. The van der Waals surface area contributed by atoms with Crippen molar-refractivity contribution in [3.8, 4) is 5.75 Å². The minimum Gasteiger partial charge on any atom is -0.479 e. The van der Waals surface area contributed by atoms with Gasteiger partial charge in [0.05, 0.1) is 11.4 Å². The lowest BCUT2D eigenvalue weighted by molar-refractivity contribution is -0.121. The molecule has 1 aromatic rings. The Morgan fingerprint density at radius 1 is 1.53 bits per heavy atom. The molecule has 2 rings (SSSR count). The van der Waals surface area contributed by atoms with Crippen LogP contribution in [0.15, 0.2) is 18.2 Å². The molecule has 0 aromatic heterocycles. The molecule has 0 saturated heterocycles. The van der Waals surface area contributed by atoms with Crippen LogP contribution >= 0.6 is 0 Å². The Kier molecular flexibility index (Phi) is 2.49. The highest BCUT2D eigenvalue weighted by Gasteiger charge is 2.25. The van der Waals surface area contributed by atoms with Gasteiger partial charge in [-0.25, -0.2) is 0 Å². The first-order valence-corrected chi connectivity index (χ1v) is 5.05. The van der Waals surface area contributed by atoms with Gasteiger partial charge in [0.15, 0.2) is 12.4 Å². The van der Waals surface area contributed by atoms with Crippen molar-refractivity contribution in [2.24, 2.45) is 0 Å². The molecule has 1 heterocycles. The van der Waals surface area contributed by atoms with Crippen LogP contribution in [0.25, 0.3) is 0 Å². The molecule has 0 spiro atoms. The van der Waals surface area contributed by atoms with E-state index in [1.54, 1.807) is 11.0 Å². The fourth-order valence-electron chi connectivity index (χ4n) is 1.73. The van der Waals surface area contributed by atoms with Crippen molar-refractivity contribution in [2.75, 3.05) is 23.8 Å². The van der Waals surface area contributed by atoms with Gasteiger partial charge >= 0.3 is 0 Å². The van der Waals surface area contributed by atoms with Crippen LogP contribution in [-0.2, 0) is 4.79 Å². The van der Waals surface area contributed by atoms with Crippen LogP contribution in [0.3, 0.4) is 0 Å². The summed E-state index contributed by atoms with van der Waals surface area (Å²) >= 11 is 0. The first-order valence-electron chi connectivity index (χ1n) is 5.05. The molecule has 4 nitrogen and oxygen atoms in total. The van der Waals surface area contributed by atoms with E-state index < -0.39 is 0 Å². The Balaban J connectivity index is 2.43. The van der Waals surface area contributed by atoms with Crippen LogP contribution in [0.4, 0.5) is 11.4 Å². The number of hydrogen-bond acceptors (Lipinski definition) is 3. The molecule has 0 saturated carbocycles. The lowest BCUT2D eigenvalue weighted by atomic mass is 10.2. The number of ether oxygens (including phenoxy) is 1. The van der Waals surface area contributed by atoms with E-state index in [9.17, 15) is 4.79 Å². The van der Waals surface area contributed by atoms with E-state index in [-0.39, 0.29) is 12.5 Å². The van der Waals surface area contributed by atoms with Crippen molar-refractivity contribution in [1.29, 1.82) is 0 Å². The van der Waals surface area contributed by atoms with Crippen molar-refractivity contribution in [2.45, 2.75) is 13.3 Å². The van der Waals surface area contributed by atoms with Crippen molar-refractivity contribution in [3.05, 3.63) is 18.2 Å². The standard InChI is InChI=1S/C11H14N2O2/c1-2-6-13-9-5-3-4-8(12)11(9)15-7-10(13)14/h3-5H,2,6-7,12H2,1H3. The number of rotatable bonds is 2. The molecule has 0 aliphatic carbocycles. The van der Waals surface area contributed by atoms with Crippen LogP contribution in [0.5, 0.6) is 5.75 Å². The third kappa shape index (κ3) is 1.63. The predicted molar refractivity (Wildman–Crippen MR) is 59.0 cm³/mol. The molecule has 0 atom stereocenters. The number of para-hydroxylation sites is 1. The minimum atomic E-state index is -0.00468. The van der Waals surface area contributed by atoms with Crippen LogP contribution < -0.4 is 15.4 Å². The first kappa shape index (κ1) is 9.83. The summed E-state index contributed by atoms with van der Waals surface area (Å²) in [7, 11) is 0. The maximum Gasteiger partial charge on any atom is 0.265 e. The highest BCUT2D eigenvalue weighted by Crippen LogP contribution is 2.36. The summed E-state index contributed by atoms with van der Waals surface area (Å²) in [4.78, 5) is 13.3. The molecule has 4 heteroatoms. The van der Waals surface area contributed by atoms with E-state index >= 15 is 0 Å². The number of amides is 1. The number of anilines is 2. The van der Waals surface area contributed by atoms with Crippen molar-refractivity contribution >= 4 is 17.3 Å². The molecular weight excluding hydrogens is 192 g/mol. The number of hydrogen-bond donors (Lipinski definition) is 1. The van der Waals surface area contributed by atoms with Gasteiger partial charge < -0.3 is 15.4 Å². The Bertz CT molecular complexity index is 390. The lowest BCUT2D eigenvalue weighted by Crippen LogP contribution is -2.39. The largest absolute Gasteiger partial charge is 0.479 e. The molecule has 0 bridgehead atoms. The number of nitrogens with two attached hydrogens (primary N) is 1. The van der Waals surface area contributed by atoms with Crippen LogP contribution in [-0.4, -0.2) is 19.1 Å². The summed E-state index contributed by atoms with van der Waals surface area (Å²) in [5.41, 5.74) is 7.15. The molecule has 1 aliphatic heterocycles. The van der Waals surface area contributed by atoms with Gasteiger partial charge in [0, 0.05) is 6.54 Å². The number of carbonyl (C=O) groups excluding carboxylic acids is 1. The van der Waals surface area contributed by atoms with Crippen LogP contribution in [0, 0.1) is 0 Å². The average Bonchev–Trinajstić information content (AvgIpc) is 2.23. The fourth-order valence-corrected chi connectivity index (χ4v) is 1.73. The van der Waals surface area contributed by atoms with Crippen molar-refractivity contribution in [3.63, 3.8) is 0 Å². The second kappa shape index (κ2) is 3.81. The monoisotopic (exact) mass is 206 g/mol. The minimum absolute atomic E-state index is 0.00468.